The summed E-state index contributed by atoms with van der Waals surface area (Å²) in [4.78, 5) is 20.5. The topological polar surface area (TPSA) is 76.2 Å². The third-order valence-electron chi connectivity index (χ3n) is 6.03. The number of para-hydroxylation sites is 1. The minimum Gasteiger partial charge on any atom is -0.493 e. The number of carbonyl (C=O) groups excluding carboxylic acids is 1. The Morgan fingerprint density at radius 2 is 1.85 bits per heavy atom. The molecule has 2 aromatic heterocycles. The van der Waals surface area contributed by atoms with Crippen LogP contribution in [0.5, 0.6) is 11.5 Å². The summed E-state index contributed by atoms with van der Waals surface area (Å²) in [7, 11) is 3.24. The maximum atomic E-state index is 13.0. The number of hydrogen-bond acceptors (Lipinski definition) is 4. The molecule has 6 nitrogen and oxygen atoms in total. The molecule has 1 amide bonds. The fourth-order valence-corrected chi connectivity index (χ4v) is 4.26. The number of carbonyl (C=O) groups is 1. The number of methoxy groups -OCH3 is 2. The van der Waals surface area contributed by atoms with Gasteiger partial charge in [-0.3, -0.25) is 9.78 Å². The van der Waals surface area contributed by atoms with Gasteiger partial charge in [0.1, 0.15) is 0 Å². The third-order valence-corrected chi connectivity index (χ3v) is 6.03. The molecule has 2 heterocycles. The number of nitrogens with zero attached hydrogens (tertiary/aromatic N) is 1. The monoisotopic (exact) mass is 443 g/mol. The first kappa shape index (κ1) is 22.4. The van der Waals surface area contributed by atoms with Gasteiger partial charge in [-0.2, -0.15) is 0 Å². The van der Waals surface area contributed by atoms with Crippen molar-refractivity contribution in [1.29, 1.82) is 0 Å². The Kier molecular flexibility index (Phi) is 6.93. The van der Waals surface area contributed by atoms with E-state index in [2.05, 4.69) is 40.4 Å². The van der Waals surface area contributed by atoms with Gasteiger partial charge in [-0.15, -0.1) is 0 Å². The van der Waals surface area contributed by atoms with Gasteiger partial charge < -0.3 is 19.8 Å². The molecule has 1 atom stereocenters. The standard InChI is InChI=1S/C27H29N3O3/c1-4-19-6-5-7-21-23(17-30-27(19)21)22(20-8-9-24(32-2)25(14-20)33-3)15-26(31)29-16-18-10-12-28-13-11-18/h5-14,17,22,30H,4,15-16H2,1-3H3,(H,29,31)/t22-/m0/s1. The van der Waals surface area contributed by atoms with E-state index in [0.29, 0.717) is 24.5 Å². The molecule has 33 heavy (non-hydrogen) atoms. The lowest BCUT2D eigenvalue weighted by Gasteiger charge is -2.19. The van der Waals surface area contributed by atoms with E-state index in [9.17, 15) is 4.79 Å². The van der Waals surface area contributed by atoms with Crippen molar-refractivity contribution >= 4 is 16.8 Å². The third kappa shape index (κ3) is 4.85. The van der Waals surface area contributed by atoms with Gasteiger partial charge in [-0.05, 0) is 52.9 Å². The van der Waals surface area contributed by atoms with Crippen LogP contribution in [0.2, 0.25) is 0 Å². The second kappa shape index (κ2) is 10.2. The molecule has 0 unspecified atom stereocenters. The first-order valence-electron chi connectivity index (χ1n) is 11.1. The van der Waals surface area contributed by atoms with E-state index < -0.39 is 0 Å². The predicted molar refractivity (Wildman–Crippen MR) is 130 cm³/mol. The van der Waals surface area contributed by atoms with Gasteiger partial charge in [0.2, 0.25) is 5.91 Å². The van der Waals surface area contributed by atoms with E-state index in [1.165, 1.54) is 5.56 Å². The Morgan fingerprint density at radius 1 is 1.06 bits per heavy atom. The number of rotatable bonds is 9. The van der Waals surface area contributed by atoms with Crippen LogP contribution in [0.1, 0.15) is 41.5 Å². The average molecular weight is 444 g/mol. The van der Waals surface area contributed by atoms with E-state index in [0.717, 1.165) is 34.0 Å². The molecule has 170 valence electrons. The van der Waals surface area contributed by atoms with Gasteiger partial charge in [0, 0.05) is 48.4 Å². The van der Waals surface area contributed by atoms with Crippen molar-refractivity contribution in [2.24, 2.45) is 0 Å². The van der Waals surface area contributed by atoms with Crippen molar-refractivity contribution in [3.63, 3.8) is 0 Å². The van der Waals surface area contributed by atoms with Crippen LogP contribution in [0.25, 0.3) is 10.9 Å². The summed E-state index contributed by atoms with van der Waals surface area (Å²) in [6.07, 6.45) is 6.73. The summed E-state index contributed by atoms with van der Waals surface area (Å²) in [6.45, 7) is 2.61. The van der Waals surface area contributed by atoms with Crippen LogP contribution >= 0.6 is 0 Å². The summed E-state index contributed by atoms with van der Waals surface area (Å²) in [5, 5.41) is 4.19. The molecule has 4 rings (SSSR count). The first-order chi connectivity index (χ1) is 16.1. The number of amides is 1. The van der Waals surface area contributed by atoms with Crippen molar-refractivity contribution in [2.75, 3.05) is 14.2 Å². The Hall–Kier alpha value is -3.80. The fourth-order valence-electron chi connectivity index (χ4n) is 4.26. The van der Waals surface area contributed by atoms with Crippen LogP contribution in [0, 0.1) is 0 Å². The molecular formula is C27H29N3O3. The van der Waals surface area contributed by atoms with Crippen molar-refractivity contribution in [2.45, 2.75) is 32.2 Å². The highest BCUT2D eigenvalue weighted by Crippen LogP contribution is 2.38. The number of ether oxygens (including phenoxy) is 2. The zero-order valence-corrected chi connectivity index (χ0v) is 19.2. The van der Waals surface area contributed by atoms with Crippen LogP contribution < -0.4 is 14.8 Å². The largest absolute Gasteiger partial charge is 0.493 e. The van der Waals surface area contributed by atoms with Crippen molar-refractivity contribution in [1.82, 2.24) is 15.3 Å². The molecule has 4 aromatic rings. The first-order valence-corrected chi connectivity index (χ1v) is 11.1. The van der Waals surface area contributed by atoms with Crippen molar-refractivity contribution < 1.29 is 14.3 Å². The van der Waals surface area contributed by atoms with E-state index in [1.54, 1.807) is 26.6 Å². The number of aromatic nitrogens is 2. The van der Waals surface area contributed by atoms with Gasteiger partial charge in [0.15, 0.2) is 11.5 Å². The molecule has 0 saturated carbocycles. The van der Waals surface area contributed by atoms with Crippen LogP contribution in [-0.2, 0) is 17.8 Å². The lowest BCUT2D eigenvalue weighted by atomic mass is 9.87. The molecule has 0 aliphatic rings. The van der Waals surface area contributed by atoms with Gasteiger partial charge in [-0.1, -0.05) is 31.2 Å². The minimum absolute atomic E-state index is 0.0207. The fraction of sp³-hybridized carbons (Fsp3) is 0.259. The molecule has 2 aromatic carbocycles. The molecule has 0 aliphatic carbocycles. The number of aryl methyl sites for hydroxylation is 1. The Morgan fingerprint density at radius 3 is 2.58 bits per heavy atom. The van der Waals surface area contributed by atoms with E-state index in [1.807, 2.05) is 36.5 Å². The normalized spacial score (nSPS) is 11.8. The molecule has 0 bridgehead atoms. The predicted octanol–water partition coefficient (Wildman–Crippen LogP) is 4.98. The van der Waals surface area contributed by atoms with E-state index in [-0.39, 0.29) is 11.8 Å². The molecule has 0 radical (unpaired) electrons. The molecule has 2 N–H and O–H groups in total. The van der Waals surface area contributed by atoms with Gasteiger partial charge in [0.05, 0.1) is 14.2 Å². The highest BCUT2D eigenvalue weighted by Gasteiger charge is 2.23. The summed E-state index contributed by atoms with van der Waals surface area (Å²) in [6, 6.07) is 16.0. The number of aromatic amines is 1. The van der Waals surface area contributed by atoms with Crippen LogP contribution in [0.15, 0.2) is 67.1 Å². The Labute approximate surface area is 194 Å². The zero-order chi connectivity index (χ0) is 23.2. The molecule has 0 saturated heterocycles. The maximum absolute atomic E-state index is 13.0. The highest BCUT2D eigenvalue weighted by atomic mass is 16.5. The smallest absolute Gasteiger partial charge is 0.221 e. The van der Waals surface area contributed by atoms with Crippen LogP contribution in [-0.4, -0.2) is 30.1 Å². The molecule has 6 heteroatoms. The van der Waals surface area contributed by atoms with Crippen LogP contribution in [0.3, 0.4) is 0 Å². The van der Waals surface area contributed by atoms with E-state index >= 15 is 0 Å². The second-order valence-corrected chi connectivity index (χ2v) is 7.94. The number of hydrogen-bond donors (Lipinski definition) is 2. The van der Waals surface area contributed by atoms with Crippen molar-refractivity contribution in [3.8, 4) is 11.5 Å². The summed E-state index contributed by atoms with van der Waals surface area (Å²) in [5.41, 5.74) is 5.48. The number of benzene rings is 2. The van der Waals surface area contributed by atoms with Crippen molar-refractivity contribution in [3.05, 3.63) is 89.4 Å². The lowest BCUT2D eigenvalue weighted by Crippen LogP contribution is -2.25. The van der Waals surface area contributed by atoms with Gasteiger partial charge >= 0.3 is 0 Å². The maximum Gasteiger partial charge on any atom is 0.221 e. The number of fused-ring (bicyclic) bond motifs is 1. The molecule has 0 aliphatic heterocycles. The Bertz CT molecular complexity index is 1230. The lowest BCUT2D eigenvalue weighted by molar-refractivity contribution is -0.121. The zero-order valence-electron chi connectivity index (χ0n) is 19.2. The summed E-state index contributed by atoms with van der Waals surface area (Å²) in [5.74, 6) is 1.14. The highest BCUT2D eigenvalue weighted by molar-refractivity contribution is 5.88. The summed E-state index contributed by atoms with van der Waals surface area (Å²) >= 11 is 0. The molecule has 0 fully saturated rings. The second-order valence-electron chi connectivity index (χ2n) is 7.94. The van der Waals surface area contributed by atoms with E-state index in [4.69, 9.17) is 9.47 Å². The number of H-pyrrole nitrogens is 1. The van der Waals surface area contributed by atoms with Gasteiger partial charge in [0.25, 0.3) is 0 Å². The Balaban J connectivity index is 1.69. The van der Waals surface area contributed by atoms with Gasteiger partial charge in [-0.25, -0.2) is 0 Å². The number of pyridine rings is 1. The SMILES string of the molecule is CCc1cccc2c([C@@H](CC(=O)NCc3ccncc3)c3ccc(OC)c(OC)c3)c[nH]c12. The number of nitrogens with one attached hydrogen (secondary N) is 2. The quantitative estimate of drug-likeness (QED) is 0.382. The summed E-state index contributed by atoms with van der Waals surface area (Å²) < 4.78 is 11.0. The molecular weight excluding hydrogens is 414 g/mol. The average Bonchev–Trinajstić information content (AvgIpc) is 3.30. The minimum atomic E-state index is -0.150. The van der Waals surface area contributed by atoms with Crippen LogP contribution in [0.4, 0.5) is 0 Å². The molecule has 0 spiro atoms.